The lowest BCUT2D eigenvalue weighted by Crippen LogP contribution is -2.19. The van der Waals surface area contributed by atoms with Crippen LogP contribution in [0.25, 0.3) is 0 Å². The number of nitrogen functional groups attached to an aromatic ring is 1. The van der Waals surface area contributed by atoms with Crippen molar-refractivity contribution in [3.8, 4) is 0 Å². The molecule has 0 saturated carbocycles. The minimum Gasteiger partial charge on any atom is -0.481 e. The molecule has 1 unspecified atom stereocenters. The normalized spacial score (nSPS) is 15.2. The van der Waals surface area contributed by atoms with Crippen molar-refractivity contribution >= 4 is 17.3 Å². The summed E-state index contributed by atoms with van der Waals surface area (Å²) in [6.07, 6.45) is 7.02. The average molecular weight is 477 g/mol. The number of carboxylic acid groups (broad SMARTS) is 1. The third kappa shape index (κ3) is 5.68. The molecule has 35 heavy (non-hydrogen) atoms. The number of anilines is 2. The van der Waals surface area contributed by atoms with Gasteiger partial charge in [-0.2, -0.15) is 0 Å². The predicted octanol–water partition coefficient (Wildman–Crippen LogP) is 4.75. The maximum atomic E-state index is 11.9. The first kappa shape index (κ1) is 24.8. The first-order valence-electron chi connectivity index (χ1n) is 12.3. The zero-order valence-corrected chi connectivity index (χ0v) is 20.9. The van der Waals surface area contributed by atoms with Crippen molar-refractivity contribution < 1.29 is 14.6 Å². The highest BCUT2D eigenvalue weighted by Crippen LogP contribution is 2.36. The summed E-state index contributed by atoms with van der Waals surface area (Å²) in [6.45, 7) is 6.43. The summed E-state index contributed by atoms with van der Waals surface area (Å²) in [4.78, 5) is 16.5. The average Bonchev–Trinajstić information content (AvgIpc) is 3.28. The van der Waals surface area contributed by atoms with E-state index in [2.05, 4.69) is 33.9 Å². The number of nitrogens with two attached hydrogens (primary N) is 1. The number of hydrogen-bond acceptors (Lipinski definition) is 5. The molecule has 0 spiro atoms. The van der Waals surface area contributed by atoms with E-state index >= 15 is 0 Å². The van der Waals surface area contributed by atoms with Gasteiger partial charge in [0.2, 0.25) is 0 Å². The van der Waals surface area contributed by atoms with E-state index in [0.29, 0.717) is 18.2 Å². The van der Waals surface area contributed by atoms with E-state index in [0.717, 1.165) is 60.7 Å². The molecule has 1 atom stereocenters. The molecule has 0 bridgehead atoms. The molecule has 1 fully saturated rings. The Morgan fingerprint density at radius 2 is 2.03 bits per heavy atom. The lowest BCUT2D eigenvalue weighted by Gasteiger charge is -2.23. The third-order valence-electron chi connectivity index (χ3n) is 7.31. The molecule has 2 heterocycles. The van der Waals surface area contributed by atoms with Gasteiger partial charge in [0.05, 0.1) is 17.8 Å². The van der Waals surface area contributed by atoms with Gasteiger partial charge >= 0.3 is 5.97 Å². The molecule has 7 heteroatoms. The Balaban J connectivity index is 1.64. The van der Waals surface area contributed by atoms with Crippen molar-refractivity contribution in [2.45, 2.75) is 52.0 Å². The lowest BCUT2D eigenvalue weighted by molar-refractivity contribution is -0.137. The van der Waals surface area contributed by atoms with Crippen molar-refractivity contribution in [1.29, 1.82) is 0 Å². The molecule has 1 aromatic heterocycles. The fraction of sp³-hybridized carbons (Fsp3) is 0.429. The molecular formula is C28H36N4O3. The van der Waals surface area contributed by atoms with Gasteiger partial charge in [-0.15, -0.1) is 0 Å². The molecule has 3 aromatic rings. The molecule has 0 aliphatic carbocycles. The van der Waals surface area contributed by atoms with Gasteiger partial charge in [-0.05, 0) is 66.5 Å². The first-order valence-corrected chi connectivity index (χ1v) is 12.3. The number of carboxylic acids is 1. The van der Waals surface area contributed by atoms with Crippen LogP contribution in [0.5, 0.6) is 0 Å². The van der Waals surface area contributed by atoms with Gasteiger partial charge in [0.1, 0.15) is 5.82 Å². The minimum absolute atomic E-state index is 0.00174. The lowest BCUT2D eigenvalue weighted by atomic mass is 9.84. The summed E-state index contributed by atoms with van der Waals surface area (Å²) in [7, 11) is 1.83. The van der Waals surface area contributed by atoms with Crippen LogP contribution in [-0.4, -0.2) is 40.9 Å². The van der Waals surface area contributed by atoms with Crippen molar-refractivity contribution in [3.05, 3.63) is 76.4 Å². The highest BCUT2D eigenvalue weighted by Gasteiger charge is 2.23. The number of aryl methyl sites for hydroxylation is 1. The molecule has 0 radical (unpaired) electrons. The summed E-state index contributed by atoms with van der Waals surface area (Å²) >= 11 is 0. The Morgan fingerprint density at radius 1 is 1.26 bits per heavy atom. The fourth-order valence-corrected chi connectivity index (χ4v) is 5.07. The van der Waals surface area contributed by atoms with Gasteiger partial charge in [-0.3, -0.25) is 4.79 Å². The number of hydrogen-bond donors (Lipinski definition) is 3. The highest BCUT2D eigenvalue weighted by molar-refractivity contribution is 5.74. The summed E-state index contributed by atoms with van der Waals surface area (Å²) in [5.74, 6) is 0.576. The topological polar surface area (TPSA) is 102 Å². The zero-order valence-electron chi connectivity index (χ0n) is 20.9. The molecule has 7 nitrogen and oxygen atoms in total. The Bertz CT molecular complexity index is 1180. The number of nitrogens with one attached hydrogen (secondary N) is 1. The van der Waals surface area contributed by atoms with Crippen LogP contribution in [0.15, 0.2) is 42.7 Å². The third-order valence-corrected chi connectivity index (χ3v) is 7.31. The number of ether oxygens (including phenoxy) is 1. The van der Waals surface area contributed by atoms with Gasteiger partial charge in [0.15, 0.2) is 0 Å². The smallest absolute Gasteiger partial charge is 0.304 e. The maximum Gasteiger partial charge on any atom is 0.304 e. The van der Waals surface area contributed by atoms with Crippen LogP contribution in [0.4, 0.5) is 11.4 Å². The fourth-order valence-electron chi connectivity index (χ4n) is 5.07. The maximum absolute atomic E-state index is 11.9. The van der Waals surface area contributed by atoms with E-state index in [1.807, 2.05) is 44.6 Å². The molecule has 4 N–H and O–H groups in total. The van der Waals surface area contributed by atoms with E-state index in [1.165, 1.54) is 11.1 Å². The summed E-state index contributed by atoms with van der Waals surface area (Å²) in [5, 5.41) is 12.8. The van der Waals surface area contributed by atoms with Crippen LogP contribution in [0, 0.1) is 19.8 Å². The number of aromatic nitrogens is 2. The monoisotopic (exact) mass is 476 g/mol. The molecule has 186 valence electrons. The number of carbonyl (C=O) groups is 1. The number of rotatable bonds is 9. The molecule has 0 amide bonds. The Kier molecular flexibility index (Phi) is 7.76. The number of imidazole rings is 1. The molecule has 1 aliphatic heterocycles. The quantitative estimate of drug-likeness (QED) is 0.385. The molecule has 1 saturated heterocycles. The number of aliphatic carboxylic acids is 1. The van der Waals surface area contributed by atoms with Gasteiger partial charge in [-0.1, -0.05) is 24.3 Å². The predicted molar refractivity (Wildman–Crippen MR) is 139 cm³/mol. The number of nitrogens with zero attached hydrogens (tertiary/aromatic N) is 2. The Labute approximate surface area is 207 Å². The van der Waals surface area contributed by atoms with E-state index in [1.54, 1.807) is 0 Å². The van der Waals surface area contributed by atoms with Crippen molar-refractivity contribution in [2.24, 2.45) is 5.92 Å². The van der Waals surface area contributed by atoms with E-state index in [-0.39, 0.29) is 12.3 Å². The standard InChI is InChI=1S/C28H36N4O3/c1-18-4-5-21(24(16-27(33)34)23-6-7-25(30-3)28(29)19(23)2)15-22(18)17-32-11-10-31-26(32)14-20-8-12-35-13-9-20/h4-7,10-11,15,20,24,30H,8-9,12-14,16-17,29H2,1-3H3,(H,33,34). The minimum atomic E-state index is -0.832. The largest absolute Gasteiger partial charge is 0.481 e. The van der Waals surface area contributed by atoms with Crippen LogP contribution in [-0.2, 0) is 22.5 Å². The van der Waals surface area contributed by atoms with E-state index in [9.17, 15) is 9.90 Å². The molecule has 1 aliphatic rings. The number of benzene rings is 2. The van der Waals surface area contributed by atoms with Crippen molar-refractivity contribution in [3.63, 3.8) is 0 Å². The summed E-state index contributed by atoms with van der Waals surface area (Å²) in [5.41, 5.74) is 13.0. The van der Waals surface area contributed by atoms with E-state index < -0.39 is 5.97 Å². The first-order chi connectivity index (χ1) is 16.9. The van der Waals surface area contributed by atoms with Crippen molar-refractivity contribution in [2.75, 3.05) is 31.3 Å². The van der Waals surface area contributed by atoms with Crippen LogP contribution < -0.4 is 11.1 Å². The summed E-state index contributed by atoms with van der Waals surface area (Å²) < 4.78 is 7.73. The van der Waals surface area contributed by atoms with E-state index in [4.69, 9.17) is 10.5 Å². The highest BCUT2D eigenvalue weighted by atomic mass is 16.5. The van der Waals surface area contributed by atoms with Gasteiger partial charge < -0.3 is 25.5 Å². The van der Waals surface area contributed by atoms with Gasteiger partial charge in [-0.25, -0.2) is 4.98 Å². The van der Waals surface area contributed by atoms with Crippen LogP contribution in [0.2, 0.25) is 0 Å². The Hall–Kier alpha value is -3.32. The second kappa shape index (κ2) is 11.0. The Morgan fingerprint density at radius 3 is 2.74 bits per heavy atom. The second-order valence-electron chi connectivity index (χ2n) is 9.56. The molecule has 4 rings (SSSR count). The van der Waals surface area contributed by atoms with Gasteiger partial charge in [0, 0.05) is 51.5 Å². The zero-order chi connectivity index (χ0) is 24.9. The summed E-state index contributed by atoms with van der Waals surface area (Å²) in [6, 6.07) is 10.2. The van der Waals surface area contributed by atoms with Crippen LogP contribution >= 0.6 is 0 Å². The van der Waals surface area contributed by atoms with Gasteiger partial charge in [0.25, 0.3) is 0 Å². The van der Waals surface area contributed by atoms with Crippen LogP contribution in [0.3, 0.4) is 0 Å². The van der Waals surface area contributed by atoms with Crippen molar-refractivity contribution in [1.82, 2.24) is 9.55 Å². The second-order valence-corrected chi connectivity index (χ2v) is 9.56. The SMILES string of the molecule is CNc1ccc(C(CC(=O)O)c2ccc(C)c(Cn3ccnc3CC3CCOCC3)c2)c(C)c1N. The van der Waals surface area contributed by atoms with Crippen LogP contribution in [0.1, 0.15) is 58.8 Å². The molecular weight excluding hydrogens is 440 g/mol. The molecule has 2 aromatic carbocycles.